The van der Waals surface area contributed by atoms with Crippen molar-refractivity contribution in [2.75, 3.05) is 20.2 Å². The molecule has 24 heavy (non-hydrogen) atoms. The van der Waals surface area contributed by atoms with Crippen molar-refractivity contribution in [1.29, 1.82) is 0 Å². The maximum atomic E-state index is 12.3. The van der Waals surface area contributed by atoms with E-state index in [2.05, 4.69) is 0 Å². The fourth-order valence-corrected chi connectivity index (χ4v) is 2.34. The fourth-order valence-electron chi connectivity index (χ4n) is 2.34. The zero-order chi connectivity index (χ0) is 17.8. The summed E-state index contributed by atoms with van der Waals surface area (Å²) in [6.45, 7) is 4.44. The summed E-state index contributed by atoms with van der Waals surface area (Å²) in [6, 6.07) is 3.46. The molecule has 0 fully saturated rings. The third-order valence-electron chi connectivity index (χ3n) is 3.47. The van der Waals surface area contributed by atoms with Crippen LogP contribution < -0.4 is 10.5 Å². The second-order valence-electron chi connectivity index (χ2n) is 5.79. The van der Waals surface area contributed by atoms with Crippen molar-refractivity contribution in [3.05, 3.63) is 28.8 Å². The largest absolute Gasteiger partial charge is 0.484 e. The number of amides is 1. The molecule has 4 nitrogen and oxygen atoms in total. The minimum absolute atomic E-state index is 0. The summed E-state index contributed by atoms with van der Waals surface area (Å²) in [7, 11) is 1.67. The number of alkyl halides is 3. The van der Waals surface area contributed by atoms with Gasteiger partial charge in [0.05, 0.1) is 0 Å². The molecule has 1 rings (SSSR count). The van der Waals surface area contributed by atoms with Gasteiger partial charge in [0.15, 0.2) is 6.61 Å². The Morgan fingerprint density at radius 3 is 2.21 bits per heavy atom. The molecular weight excluding hydrogens is 345 g/mol. The standard InChI is InChI=1S/C16H23F3N2O2.ClH/c1-10-5-13(8-21(4)15(22)12(3)7-20)6-11(2)14(10)23-9-16(17,18)19;/h5-6,12H,7-9,20H2,1-4H3;1H. The Bertz CT molecular complexity index is 542. The average molecular weight is 369 g/mol. The van der Waals surface area contributed by atoms with Crippen LogP contribution in [0.15, 0.2) is 12.1 Å². The Balaban J connectivity index is 0.00000529. The molecule has 1 atom stereocenters. The first-order chi connectivity index (χ1) is 10.5. The van der Waals surface area contributed by atoms with Gasteiger partial charge in [0, 0.05) is 26.1 Å². The molecule has 0 bridgehead atoms. The summed E-state index contributed by atoms with van der Waals surface area (Å²) in [5.74, 6) is -0.104. The molecule has 1 aromatic carbocycles. The van der Waals surface area contributed by atoms with Gasteiger partial charge in [-0.15, -0.1) is 12.4 Å². The van der Waals surface area contributed by atoms with E-state index in [0.29, 0.717) is 17.7 Å². The number of hydrogen-bond acceptors (Lipinski definition) is 3. The lowest BCUT2D eigenvalue weighted by atomic mass is 10.0. The number of aryl methyl sites for hydroxylation is 2. The van der Waals surface area contributed by atoms with Gasteiger partial charge in [-0.1, -0.05) is 19.1 Å². The molecule has 8 heteroatoms. The Morgan fingerprint density at radius 1 is 1.29 bits per heavy atom. The third-order valence-corrected chi connectivity index (χ3v) is 3.47. The molecule has 0 spiro atoms. The molecule has 0 aromatic heterocycles. The number of ether oxygens (including phenoxy) is 1. The number of carbonyl (C=O) groups excluding carboxylic acids is 1. The van der Waals surface area contributed by atoms with Crippen LogP contribution in [-0.2, 0) is 11.3 Å². The quantitative estimate of drug-likeness (QED) is 0.838. The van der Waals surface area contributed by atoms with Crippen molar-refractivity contribution in [3.63, 3.8) is 0 Å². The zero-order valence-electron chi connectivity index (χ0n) is 14.2. The van der Waals surface area contributed by atoms with Crippen LogP contribution in [0.4, 0.5) is 13.2 Å². The van der Waals surface area contributed by atoms with Crippen LogP contribution in [0.5, 0.6) is 5.75 Å². The molecule has 0 aliphatic carbocycles. The number of hydrogen-bond donors (Lipinski definition) is 1. The van der Waals surface area contributed by atoms with E-state index in [1.807, 2.05) is 0 Å². The Hall–Kier alpha value is -1.47. The highest BCUT2D eigenvalue weighted by Crippen LogP contribution is 2.27. The zero-order valence-corrected chi connectivity index (χ0v) is 15.1. The predicted octanol–water partition coefficient (Wildman–Crippen LogP) is 3.22. The fraction of sp³-hybridized carbons (Fsp3) is 0.562. The van der Waals surface area contributed by atoms with E-state index < -0.39 is 12.8 Å². The second-order valence-corrected chi connectivity index (χ2v) is 5.79. The minimum Gasteiger partial charge on any atom is -0.484 e. The van der Waals surface area contributed by atoms with Gasteiger partial charge >= 0.3 is 6.18 Å². The van der Waals surface area contributed by atoms with Gasteiger partial charge in [0.25, 0.3) is 0 Å². The van der Waals surface area contributed by atoms with Crippen LogP contribution in [0, 0.1) is 19.8 Å². The number of halogens is 4. The van der Waals surface area contributed by atoms with E-state index in [9.17, 15) is 18.0 Å². The SMILES string of the molecule is Cc1cc(CN(C)C(=O)C(C)CN)cc(C)c1OCC(F)(F)F.Cl. The van der Waals surface area contributed by atoms with Gasteiger partial charge in [0.2, 0.25) is 5.91 Å². The molecule has 1 amide bonds. The Kier molecular flexibility index (Phi) is 8.57. The number of rotatable bonds is 6. The Morgan fingerprint density at radius 2 is 1.79 bits per heavy atom. The molecule has 0 aliphatic rings. The van der Waals surface area contributed by atoms with Crippen LogP contribution in [0.3, 0.4) is 0 Å². The highest BCUT2D eigenvalue weighted by Gasteiger charge is 2.29. The van der Waals surface area contributed by atoms with Crippen LogP contribution in [0.1, 0.15) is 23.6 Å². The smallest absolute Gasteiger partial charge is 0.422 e. The molecular formula is C16H24ClF3N2O2. The summed E-state index contributed by atoms with van der Waals surface area (Å²) in [4.78, 5) is 13.6. The van der Waals surface area contributed by atoms with E-state index in [4.69, 9.17) is 10.5 Å². The lowest BCUT2D eigenvalue weighted by Crippen LogP contribution is -2.34. The maximum Gasteiger partial charge on any atom is 0.422 e. The summed E-state index contributed by atoms with van der Waals surface area (Å²) in [6.07, 6.45) is -4.37. The highest BCUT2D eigenvalue weighted by molar-refractivity contribution is 5.85. The lowest BCUT2D eigenvalue weighted by molar-refractivity contribution is -0.153. The summed E-state index contributed by atoms with van der Waals surface area (Å²) < 4.78 is 41.7. The van der Waals surface area contributed by atoms with Crippen molar-refractivity contribution in [2.45, 2.75) is 33.5 Å². The second kappa shape index (κ2) is 9.13. The van der Waals surface area contributed by atoms with Crippen LogP contribution in [-0.4, -0.2) is 37.2 Å². The van der Waals surface area contributed by atoms with Crippen LogP contribution in [0.2, 0.25) is 0 Å². The summed E-state index contributed by atoms with van der Waals surface area (Å²) in [5, 5.41) is 0. The molecule has 0 saturated heterocycles. The van der Waals surface area contributed by atoms with E-state index in [1.54, 1.807) is 44.9 Å². The summed E-state index contributed by atoms with van der Waals surface area (Å²) in [5.41, 5.74) is 7.53. The average Bonchev–Trinajstić information content (AvgIpc) is 2.43. The molecule has 0 aliphatic heterocycles. The third kappa shape index (κ3) is 6.57. The van der Waals surface area contributed by atoms with Crippen molar-refractivity contribution in [2.24, 2.45) is 11.7 Å². The number of benzene rings is 1. The van der Waals surface area contributed by atoms with Gasteiger partial charge in [-0.25, -0.2) is 0 Å². The normalized spacial score (nSPS) is 12.3. The van der Waals surface area contributed by atoms with E-state index in [1.165, 1.54) is 0 Å². The Labute approximate surface area is 146 Å². The van der Waals surface area contributed by atoms with Crippen molar-refractivity contribution in [3.8, 4) is 5.75 Å². The predicted molar refractivity (Wildman–Crippen MR) is 89.4 cm³/mol. The maximum absolute atomic E-state index is 12.3. The van der Waals surface area contributed by atoms with E-state index >= 15 is 0 Å². The number of nitrogens with two attached hydrogens (primary N) is 1. The number of nitrogens with zero attached hydrogens (tertiary/aromatic N) is 1. The first-order valence-electron chi connectivity index (χ1n) is 7.30. The molecule has 0 radical (unpaired) electrons. The van der Waals surface area contributed by atoms with Gasteiger partial charge in [-0.2, -0.15) is 13.2 Å². The monoisotopic (exact) mass is 368 g/mol. The minimum atomic E-state index is -4.37. The van der Waals surface area contributed by atoms with Crippen molar-refractivity contribution >= 4 is 18.3 Å². The molecule has 2 N–H and O–H groups in total. The van der Waals surface area contributed by atoms with E-state index in [-0.39, 0.29) is 36.5 Å². The highest BCUT2D eigenvalue weighted by atomic mass is 35.5. The van der Waals surface area contributed by atoms with Crippen molar-refractivity contribution < 1.29 is 22.7 Å². The van der Waals surface area contributed by atoms with Gasteiger partial charge < -0.3 is 15.4 Å². The van der Waals surface area contributed by atoms with Crippen LogP contribution >= 0.6 is 12.4 Å². The molecule has 138 valence electrons. The first kappa shape index (κ1) is 22.5. The topological polar surface area (TPSA) is 55.6 Å². The molecule has 0 saturated carbocycles. The van der Waals surface area contributed by atoms with Crippen molar-refractivity contribution in [1.82, 2.24) is 4.90 Å². The molecule has 1 aromatic rings. The lowest BCUT2D eigenvalue weighted by Gasteiger charge is -2.22. The molecule has 0 heterocycles. The molecule has 1 unspecified atom stereocenters. The van der Waals surface area contributed by atoms with Gasteiger partial charge in [-0.05, 0) is 30.5 Å². The van der Waals surface area contributed by atoms with E-state index in [0.717, 1.165) is 5.56 Å². The number of carbonyl (C=O) groups is 1. The van der Waals surface area contributed by atoms with Gasteiger partial charge in [0.1, 0.15) is 5.75 Å². The first-order valence-corrected chi connectivity index (χ1v) is 7.30. The van der Waals surface area contributed by atoms with Crippen LogP contribution in [0.25, 0.3) is 0 Å². The summed E-state index contributed by atoms with van der Waals surface area (Å²) >= 11 is 0. The van der Waals surface area contributed by atoms with Gasteiger partial charge in [-0.3, -0.25) is 4.79 Å².